The van der Waals surface area contributed by atoms with Gasteiger partial charge in [0.05, 0.1) is 23.4 Å². The number of halogens is 1. The van der Waals surface area contributed by atoms with Crippen molar-refractivity contribution in [3.63, 3.8) is 0 Å². The summed E-state index contributed by atoms with van der Waals surface area (Å²) >= 11 is 6.18. The van der Waals surface area contributed by atoms with Crippen LogP contribution in [0, 0.1) is 0 Å². The number of benzene rings is 1. The molecule has 0 bridgehead atoms. The number of rotatable bonds is 3. The minimum atomic E-state index is -0.450. The topological polar surface area (TPSA) is 67.6 Å². The second-order valence-corrected chi connectivity index (χ2v) is 4.98. The van der Waals surface area contributed by atoms with Crippen molar-refractivity contribution in [2.24, 2.45) is 0 Å². The van der Waals surface area contributed by atoms with Gasteiger partial charge in [0.25, 0.3) is 0 Å². The number of nitrogen functional groups attached to an aromatic ring is 1. The fraction of sp³-hybridized carbons (Fsp3) is 0.462. The Bertz CT molecular complexity index is 473. The van der Waals surface area contributed by atoms with Crippen molar-refractivity contribution >= 4 is 28.9 Å². The van der Waals surface area contributed by atoms with Gasteiger partial charge in [-0.3, -0.25) is 0 Å². The van der Waals surface area contributed by atoms with Crippen LogP contribution in [0.15, 0.2) is 12.1 Å². The minimum absolute atomic E-state index is 0.359. The lowest BCUT2D eigenvalue weighted by Gasteiger charge is -2.29. The summed E-state index contributed by atoms with van der Waals surface area (Å²) in [6.07, 6.45) is 3.50. The van der Waals surface area contributed by atoms with Crippen LogP contribution < -0.4 is 11.2 Å². The first-order valence-corrected chi connectivity index (χ1v) is 6.68. The van der Waals surface area contributed by atoms with Gasteiger partial charge < -0.3 is 15.9 Å². The predicted octanol–water partition coefficient (Wildman–Crippen LogP) is 2.52. The van der Waals surface area contributed by atoms with Crippen LogP contribution in [0.2, 0.25) is 5.02 Å². The fourth-order valence-corrected chi connectivity index (χ4v) is 2.45. The summed E-state index contributed by atoms with van der Waals surface area (Å²) in [5.74, 6) is -0.450. The molecule has 5 nitrogen and oxygen atoms in total. The highest BCUT2D eigenvalue weighted by Crippen LogP contribution is 2.30. The van der Waals surface area contributed by atoms with Crippen LogP contribution in [-0.2, 0) is 4.74 Å². The quantitative estimate of drug-likeness (QED) is 0.659. The Morgan fingerprint density at radius 1 is 1.37 bits per heavy atom. The van der Waals surface area contributed by atoms with E-state index in [0.29, 0.717) is 22.0 Å². The molecule has 104 valence electrons. The largest absolute Gasteiger partial charge is 0.465 e. The van der Waals surface area contributed by atoms with E-state index in [0.717, 1.165) is 25.9 Å². The first-order chi connectivity index (χ1) is 9.11. The van der Waals surface area contributed by atoms with Crippen LogP contribution in [0.25, 0.3) is 0 Å². The highest BCUT2D eigenvalue weighted by Gasteiger charge is 2.19. The normalized spacial score (nSPS) is 16.1. The van der Waals surface area contributed by atoms with E-state index >= 15 is 0 Å². The van der Waals surface area contributed by atoms with Gasteiger partial charge in [0.15, 0.2) is 0 Å². The Morgan fingerprint density at radius 2 is 2.05 bits per heavy atom. The van der Waals surface area contributed by atoms with Gasteiger partial charge in [-0.2, -0.15) is 0 Å². The lowest BCUT2D eigenvalue weighted by molar-refractivity contribution is 0.0601. The number of piperidine rings is 1. The number of hydrazine groups is 1. The second kappa shape index (κ2) is 6.12. The van der Waals surface area contributed by atoms with Crippen molar-refractivity contribution in [1.29, 1.82) is 0 Å². The molecule has 1 fully saturated rings. The fourth-order valence-electron chi connectivity index (χ4n) is 2.18. The Morgan fingerprint density at radius 3 is 2.68 bits per heavy atom. The van der Waals surface area contributed by atoms with Gasteiger partial charge in [-0.1, -0.05) is 18.0 Å². The van der Waals surface area contributed by atoms with E-state index in [9.17, 15) is 4.79 Å². The molecule has 0 amide bonds. The standard InChI is InChI=1S/C13H18ClN3O2/c1-19-13(18)10-7-9(15)8-11(14)12(10)16-17-5-3-2-4-6-17/h7-8,16H,2-6,15H2,1H3. The Hall–Kier alpha value is -1.46. The summed E-state index contributed by atoms with van der Waals surface area (Å²) < 4.78 is 4.76. The molecule has 3 N–H and O–H groups in total. The average Bonchev–Trinajstić information content (AvgIpc) is 2.42. The molecular formula is C13H18ClN3O2. The second-order valence-electron chi connectivity index (χ2n) is 4.58. The Kier molecular flexibility index (Phi) is 4.50. The average molecular weight is 284 g/mol. The van der Waals surface area contributed by atoms with Crippen LogP contribution in [0.3, 0.4) is 0 Å². The van der Waals surface area contributed by atoms with Gasteiger partial charge in [-0.05, 0) is 25.0 Å². The third kappa shape index (κ3) is 3.30. The van der Waals surface area contributed by atoms with Crippen LogP contribution in [0.1, 0.15) is 29.6 Å². The van der Waals surface area contributed by atoms with E-state index in [-0.39, 0.29) is 0 Å². The van der Waals surface area contributed by atoms with Crippen molar-refractivity contribution in [3.8, 4) is 0 Å². The molecule has 19 heavy (non-hydrogen) atoms. The highest BCUT2D eigenvalue weighted by molar-refractivity contribution is 6.34. The van der Waals surface area contributed by atoms with Crippen molar-refractivity contribution in [1.82, 2.24) is 5.01 Å². The smallest absolute Gasteiger partial charge is 0.340 e. The zero-order chi connectivity index (χ0) is 13.8. The zero-order valence-electron chi connectivity index (χ0n) is 10.9. The molecule has 0 saturated carbocycles. The lowest BCUT2D eigenvalue weighted by atomic mass is 10.1. The Balaban J connectivity index is 2.28. The number of hydrogen-bond donors (Lipinski definition) is 2. The molecule has 0 aromatic heterocycles. The molecule has 1 aliphatic rings. The molecule has 1 aliphatic heterocycles. The van der Waals surface area contributed by atoms with E-state index in [1.807, 2.05) is 0 Å². The van der Waals surface area contributed by atoms with Crippen molar-refractivity contribution in [2.75, 3.05) is 31.4 Å². The molecule has 0 spiro atoms. The lowest BCUT2D eigenvalue weighted by Crippen LogP contribution is -2.35. The van der Waals surface area contributed by atoms with Crippen LogP contribution in [0.4, 0.5) is 11.4 Å². The van der Waals surface area contributed by atoms with Crippen molar-refractivity contribution < 1.29 is 9.53 Å². The van der Waals surface area contributed by atoms with Crippen molar-refractivity contribution in [3.05, 3.63) is 22.7 Å². The molecule has 6 heteroatoms. The number of esters is 1. The van der Waals surface area contributed by atoms with Gasteiger partial charge in [0.1, 0.15) is 0 Å². The van der Waals surface area contributed by atoms with Gasteiger partial charge in [-0.15, -0.1) is 0 Å². The number of nitrogens with two attached hydrogens (primary N) is 1. The van der Waals surface area contributed by atoms with Crippen molar-refractivity contribution in [2.45, 2.75) is 19.3 Å². The predicted molar refractivity (Wildman–Crippen MR) is 76.3 cm³/mol. The summed E-state index contributed by atoms with van der Waals surface area (Å²) in [6, 6.07) is 3.20. The number of anilines is 2. The van der Waals surface area contributed by atoms with E-state index < -0.39 is 5.97 Å². The van der Waals surface area contributed by atoms with E-state index in [1.165, 1.54) is 13.5 Å². The summed E-state index contributed by atoms with van der Waals surface area (Å²) in [4.78, 5) is 11.8. The molecule has 1 aromatic carbocycles. The minimum Gasteiger partial charge on any atom is -0.465 e. The van der Waals surface area contributed by atoms with Crippen LogP contribution >= 0.6 is 11.6 Å². The maximum Gasteiger partial charge on any atom is 0.340 e. The molecular weight excluding hydrogens is 266 g/mol. The summed E-state index contributed by atoms with van der Waals surface area (Å²) in [5, 5.41) is 2.49. The number of carbonyl (C=O) groups excluding carboxylic acids is 1. The monoisotopic (exact) mass is 283 g/mol. The molecule has 0 radical (unpaired) electrons. The molecule has 1 aromatic rings. The SMILES string of the molecule is COC(=O)c1cc(N)cc(Cl)c1NN1CCCCC1. The summed E-state index contributed by atoms with van der Waals surface area (Å²) in [6.45, 7) is 1.86. The van der Waals surface area contributed by atoms with E-state index in [1.54, 1.807) is 12.1 Å². The maximum absolute atomic E-state index is 11.8. The molecule has 0 atom stereocenters. The first-order valence-electron chi connectivity index (χ1n) is 6.30. The third-order valence-corrected chi connectivity index (χ3v) is 3.44. The van der Waals surface area contributed by atoms with E-state index in [2.05, 4.69) is 10.4 Å². The summed E-state index contributed by atoms with van der Waals surface area (Å²) in [5.41, 5.74) is 10.3. The number of carbonyl (C=O) groups is 1. The van der Waals surface area contributed by atoms with Gasteiger partial charge in [0, 0.05) is 18.8 Å². The van der Waals surface area contributed by atoms with Gasteiger partial charge in [-0.25, -0.2) is 9.80 Å². The highest BCUT2D eigenvalue weighted by atomic mass is 35.5. The van der Waals surface area contributed by atoms with Crippen LogP contribution in [-0.4, -0.2) is 31.2 Å². The number of nitrogens with zero attached hydrogens (tertiary/aromatic N) is 1. The zero-order valence-corrected chi connectivity index (χ0v) is 11.7. The summed E-state index contributed by atoms with van der Waals surface area (Å²) in [7, 11) is 1.34. The van der Waals surface area contributed by atoms with Crippen LogP contribution in [0.5, 0.6) is 0 Å². The molecule has 1 saturated heterocycles. The van der Waals surface area contributed by atoms with Gasteiger partial charge >= 0.3 is 5.97 Å². The number of nitrogens with one attached hydrogen (secondary N) is 1. The first kappa shape index (κ1) is 14.0. The maximum atomic E-state index is 11.8. The molecule has 2 rings (SSSR count). The molecule has 1 heterocycles. The van der Waals surface area contributed by atoms with E-state index in [4.69, 9.17) is 22.1 Å². The molecule has 0 unspecified atom stereocenters. The van der Waals surface area contributed by atoms with Gasteiger partial charge in [0.2, 0.25) is 0 Å². The molecule has 0 aliphatic carbocycles. The Labute approximate surface area is 117 Å². The third-order valence-electron chi connectivity index (χ3n) is 3.14. The number of hydrogen-bond acceptors (Lipinski definition) is 5. The number of ether oxygens (including phenoxy) is 1. The number of methoxy groups -OCH3 is 1.